The second kappa shape index (κ2) is 6.35. The predicted molar refractivity (Wildman–Crippen MR) is 79.3 cm³/mol. The van der Waals surface area contributed by atoms with Gasteiger partial charge in [0.05, 0.1) is 0 Å². The van der Waals surface area contributed by atoms with E-state index in [1.165, 1.54) is 0 Å². The molecular weight excluding hydrogens is 268 g/mol. The number of likely N-dealkylation sites (tertiary alicyclic amines) is 1. The molecule has 2 N–H and O–H groups in total. The number of rotatable bonds is 3. The molecule has 1 aromatic carbocycles. The van der Waals surface area contributed by atoms with Crippen molar-refractivity contribution in [1.82, 2.24) is 10.2 Å². The van der Waals surface area contributed by atoms with Crippen LogP contribution in [0.3, 0.4) is 0 Å². The zero-order valence-electron chi connectivity index (χ0n) is 12.1. The summed E-state index contributed by atoms with van der Waals surface area (Å²) in [5.41, 5.74) is 0. The summed E-state index contributed by atoms with van der Waals surface area (Å²) in [5, 5.41) is 12.7. The minimum Gasteiger partial charge on any atom is -0.508 e. The van der Waals surface area contributed by atoms with Gasteiger partial charge in [-0.2, -0.15) is 0 Å². The third-order valence-corrected chi connectivity index (χ3v) is 4.57. The lowest BCUT2D eigenvalue weighted by Gasteiger charge is -2.21. The highest BCUT2D eigenvalue weighted by Crippen LogP contribution is 2.27. The molecule has 0 radical (unpaired) electrons. The van der Waals surface area contributed by atoms with Crippen LogP contribution in [0.2, 0.25) is 0 Å². The molecule has 0 bridgehead atoms. The number of hydrogen-bond donors (Lipinski definition) is 2. The van der Waals surface area contributed by atoms with E-state index in [1.54, 1.807) is 24.3 Å². The molecule has 0 aromatic heterocycles. The number of phenolic OH excluding ortho intramolecular Hbond substituents is 1. The van der Waals surface area contributed by atoms with Gasteiger partial charge in [0.2, 0.25) is 0 Å². The number of carbonyl (C=O) groups excluding carboxylic acids is 1. The average Bonchev–Trinajstić information content (AvgIpc) is 2.85. The molecule has 0 spiro atoms. The number of fused-ring (bicyclic) bond motifs is 1. The van der Waals surface area contributed by atoms with Crippen LogP contribution in [0.1, 0.15) is 12.8 Å². The van der Waals surface area contributed by atoms with Gasteiger partial charge in [0.25, 0.3) is 5.91 Å². The second-order valence-electron chi connectivity index (χ2n) is 5.92. The van der Waals surface area contributed by atoms with E-state index in [1.807, 2.05) is 4.90 Å². The summed E-state index contributed by atoms with van der Waals surface area (Å²) in [6.07, 6.45) is 2.17. The van der Waals surface area contributed by atoms with Crippen LogP contribution in [0, 0.1) is 11.8 Å². The van der Waals surface area contributed by atoms with Crippen LogP contribution in [0.15, 0.2) is 24.3 Å². The first kappa shape index (κ1) is 14.2. The molecule has 1 amide bonds. The van der Waals surface area contributed by atoms with Crippen LogP contribution in [-0.4, -0.2) is 48.7 Å². The lowest BCUT2D eigenvalue weighted by Crippen LogP contribution is -2.36. The van der Waals surface area contributed by atoms with E-state index in [-0.39, 0.29) is 18.3 Å². The minimum absolute atomic E-state index is 0.0519. The van der Waals surface area contributed by atoms with E-state index in [0.29, 0.717) is 5.75 Å². The van der Waals surface area contributed by atoms with Gasteiger partial charge >= 0.3 is 0 Å². The number of benzene rings is 1. The Balaban J connectivity index is 1.50. The molecule has 21 heavy (non-hydrogen) atoms. The summed E-state index contributed by atoms with van der Waals surface area (Å²) in [7, 11) is 0. The summed E-state index contributed by atoms with van der Waals surface area (Å²) >= 11 is 0. The van der Waals surface area contributed by atoms with Crippen molar-refractivity contribution in [2.24, 2.45) is 11.8 Å². The highest BCUT2D eigenvalue weighted by molar-refractivity contribution is 5.77. The number of aromatic hydroxyl groups is 1. The lowest BCUT2D eigenvalue weighted by atomic mass is 9.92. The molecule has 2 aliphatic heterocycles. The third-order valence-electron chi connectivity index (χ3n) is 4.57. The van der Waals surface area contributed by atoms with Crippen molar-refractivity contribution < 1.29 is 14.6 Å². The van der Waals surface area contributed by atoms with Crippen molar-refractivity contribution in [3.63, 3.8) is 0 Å². The van der Waals surface area contributed by atoms with Crippen LogP contribution >= 0.6 is 0 Å². The number of amides is 1. The van der Waals surface area contributed by atoms with Crippen LogP contribution < -0.4 is 10.1 Å². The maximum Gasteiger partial charge on any atom is 0.260 e. The van der Waals surface area contributed by atoms with Crippen molar-refractivity contribution in [3.05, 3.63) is 24.3 Å². The van der Waals surface area contributed by atoms with Crippen molar-refractivity contribution >= 4 is 5.91 Å². The summed E-state index contributed by atoms with van der Waals surface area (Å²) in [4.78, 5) is 14.2. The van der Waals surface area contributed by atoms with Crippen LogP contribution in [-0.2, 0) is 4.79 Å². The largest absolute Gasteiger partial charge is 0.508 e. The molecule has 0 aliphatic carbocycles. The summed E-state index contributed by atoms with van der Waals surface area (Å²) in [6, 6.07) is 6.45. The van der Waals surface area contributed by atoms with Gasteiger partial charge in [0.1, 0.15) is 11.5 Å². The van der Waals surface area contributed by atoms with Gasteiger partial charge in [-0.05, 0) is 62.0 Å². The molecule has 0 unspecified atom stereocenters. The Labute approximate surface area is 124 Å². The molecule has 3 rings (SSSR count). The third kappa shape index (κ3) is 3.47. The number of phenols is 1. The Morgan fingerprint density at radius 2 is 1.81 bits per heavy atom. The van der Waals surface area contributed by atoms with E-state index >= 15 is 0 Å². The number of ether oxygens (including phenoxy) is 1. The maximum atomic E-state index is 12.2. The molecule has 5 nitrogen and oxygen atoms in total. The number of carbonyl (C=O) groups is 1. The number of nitrogens with zero attached hydrogens (tertiary/aromatic N) is 1. The first-order chi connectivity index (χ1) is 10.2. The highest BCUT2D eigenvalue weighted by atomic mass is 16.5. The van der Waals surface area contributed by atoms with Crippen LogP contribution in [0.4, 0.5) is 0 Å². The SMILES string of the molecule is O=C(COc1ccc(O)cc1)N1CC[C@@H]2CNC[C@@H]2CC1. The van der Waals surface area contributed by atoms with Gasteiger partial charge in [-0.3, -0.25) is 4.79 Å². The van der Waals surface area contributed by atoms with E-state index in [0.717, 1.165) is 50.9 Å². The fourth-order valence-electron chi connectivity index (χ4n) is 3.25. The predicted octanol–water partition coefficient (Wildman–Crippen LogP) is 1.23. The molecule has 1 aromatic rings. The zero-order valence-corrected chi connectivity index (χ0v) is 12.1. The molecule has 114 valence electrons. The fourth-order valence-corrected chi connectivity index (χ4v) is 3.25. The molecule has 2 saturated heterocycles. The normalized spacial score (nSPS) is 25.2. The maximum absolute atomic E-state index is 12.2. The second-order valence-corrected chi connectivity index (χ2v) is 5.92. The Kier molecular flexibility index (Phi) is 4.29. The van der Waals surface area contributed by atoms with Gasteiger partial charge in [0, 0.05) is 13.1 Å². The zero-order chi connectivity index (χ0) is 14.7. The van der Waals surface area contributed by atoms with Gasteiger partial charge in [0.15, 0.2) is 6.61 Å². The van der Waals surface area contributed by atoms with E-state index in [2.05, 4.69) is 5.32 Å². The molecule has 2 aliphatic rings. The first-order valence-corrected chi connectivity index (χ1v) is 7.62. The molecule has 0 saturated carbocycles. The number of hydrogen-bond acceptors (Lipinski definition) is 4. The number of nitrogens with one attached hydrogen (secondary N) is 1. The summed E-state index contributed by atoms with van der Waals surface area (Å²) in [5.74, 6) is 2.30. The van der Waals surface area contributed by atoms with E-state index in [4.69, 9.17) is 4.74 Å². The Hall–Kier alpha value is -1.75. The van der Waals surface area contributed by atoms with Crippen molar-refractivity contribution in [3.8, 4) is 11.5 Å². The smallest absolute Gasteiger partial charge is 0.260 e. The van der Waals surface area contributed by atoms with Crippen LogP contribution in [0.25, 0.3) is 0 Å². The van der Waals surface area contributed by atoms with E-state index in [9.17, 15) is 9.90 Å². The lowest BCUT2D eigenvalue weighted by molar-refractivity contribution is -0.133. The van der Waals surface area contributed by atoms with Gasteiger partial charge in [-0.15, -0.1) is 0 Å². The standard InChI is InChI=1S/C16H22N2O3/c19-14-1-3-15(4-2-14)21-11-16(20)18-7-5-12-9-17-10-13(12)6-8-18/h1-4,12-13,17,19H,5-11H2/t12-,13+. The average molecular weight is 290 g/mol. The van der Waals surface area contributed by atoms with Crippen molar-refractivity contribution in [2.75, 3.05) is 32.8 Å². The van der Waals surface area contributed by atoms with Gasteiger partial charge < -0.3 is 20.1 Å². The molecule has 2 atom stereocenters. The van der Waals surface area contributed by atoms with Crippen molar-refractivity contribution in [1.29, 1.82) is 0 Å². The Morgan fingerprint density at radius 1 is 1.19 bits per heavy atom. The molecule has 5 heteroatoms. The molecule has 2 fully saturated rings. The minimum atomic E-state index is 0.0519. The molecular formula is C16H22N2O3. The van der Waals surface area contributed by atoms with Gasteiger partial charge in [-0.25, -0.2) is 0 Å². The molecule has 2 heterocycles. The van der Waals surface area contributed by atoms with Crippen LogP contribution in [0.5, 0.6) is 11.5 Å². The monoisotopic (exact) mass is 290 g/mol. The topological polar surface area (TPSA) is 61.8 Å². The Bertz CT molecular complexity index is 475. The van der Waals surface area contributed by atoms with Gasteiger partial charge in [-0.1, -0.05) is 0 Å². The summed E-state index contributed by atoms with van der Waals surface area (Å²) in [6.45, 7) is 3.92. The Morgan fingerprint density at radius 3 is 2.43 bits per heavy atom. The fraction of sp³-hybridized carbons (Fsp3) is 0.562. The van der Waals surface area contributed by atoms with E-state index < -0.39 is 0 Å². The summed E-state index contributed by atoms with van der Waals surface area (Å²) < 4.78 is 5.50. The first-order valence-electron chi connectivity index (χ1n) is 7.62. The quantitative estimate of drug-likeness (QED) is 0.879. The van der Waals surface area contributed by atoms with Crippen molar-refractivity contribution in [2.45, 2.75) is 12.8 Å². The highest BCUT2D eigenvalue weighted by Gasteiger charge is 2.31.